The monoisotopic (exact) mass is 447 g/mol. The van der Waals surface area contributed by atoms with Crippen molar-refractivity contribution >= 4 is 27.1 Å². The lowest BCUT2D eigenvalue weighted by Crippen LogP contribution is -2.34. The van der Waals surface area contributed by atoms with E-state index in [9.17, 15) is 17.6 Å². The molecular weight excluding hydrogens is 425 g/mol. The molecule has 3 rings (SSSR count). The van der Waals surface area contributed by atoms with E-state index in [0.717, 1.165) is 11.6 Å². The van der Waals surface area contributed by atoms with E-state index in [4.69, 9.17) is 4.74 Å². The highest BCUT2D eigenvalue weighted by molar-refractivity contribution is 7.91. The average Bonchev–Trinajstić information content (AvgIpc) is 3.23. The molecule has 1 amide bonds. The summed E-state index contributed by atoms with van der Waals surface area (Å²) in [5.41, 5.74) is 1.25. The van der Waals surface area contributed by atoms with Crippen LogP contribution in [0.2, 0.25) is 0 Å². The van der Waals surface area contributed by atoms with Crippen LogP contribution >= 0.6 is 11.3 Å². The molecular formula is C22H22FNO4S2. The second kappa shape index (κ2) is 9.40. The maximum atomic E-state index is 13.6. The van der Waals surface area contributed by atoms with Crippen LogP contribution in [0.5, 0.6) is 5.75 Å². The normalized spacial score (nSPS) is 12.4. The third-order valence-electron chi connectivity index (χ3n) is 4.54. The molecule has 158 valence electrons. The molecule has 0 aliphatic heterocycles. The molecule has 0 saturated heterocycles. The van der Waals surface area contributed by atoms with Gasteiger partial charge in [-0.1, -0.05) is 18.2 Å². The third-order valence-corrected chi connectivity index (χ3v) is 7.75. The summed E-state index contributed by atoms with van der Waals surface area (Å²) in [6.45, 7) is 3.09. The van der Waals surface area contributed by atoms with E-state index in [0.29, 0.717) is 10.6 Å². The Kier molecular flexibility index (Phi) is 6.89. The highest BCUT2D eigenvalue weighted by atomic mass is 32.2. The van der Waals surface area contributed by atoms with Gasteiger partial charge in [0.25, 0.3) is 5.91 Å². The second-order valence-corrected chi connectivity index (χ2v) is 9.98. The Bertz CT molecular complexity index is 1130. The van der Waals surface area contributed by atoms with Gasteiger partial charge in [-0.3, -0.25) is 4.79 Å². The molecule has 0 aliphatic carbocycles. The minimum absolute atomic E-state index is 0.0186. The van der Waals surface area contributed by atoms with Gasteiger partial charge in [-0.25, -0.2) is 12.8 Å². The zero-order valence-corrected chi connectivity index (χ0v) is 18.2. The van der Waals surface area contributed by atoms with Gasteiger partial charge in [0.2, 0.25) is 0 Å². The summed E-state index contributed by atoms with van der Waals surface area (Å²) in [6.07, 6.45) is 0. The van der Waals surface area contributed by atoms with Crippen LogP contribution in [0.25, 0.3) is 0 Å². The summed E-state index contributed by atoms with van der Waals surface area (Å²) in [4.78, 5) is 12.9. The Balaban J connectivity index is 1.73. The van der Waals surface area contributed by atoms with E-state index in [1.54, 1.807) is 23.6 Å². The van der Waals surface area contributed by atoms with Gasteiger partial charge in [-0.15, -0.1) is 11.3 Å². The molecule has 3 aromatic rings. The first kappa shape index (κ1) is 22.0. The average molecular weight is 448 g/mol. The molecule has 0 aliphatic rings. The number of benzene rings is 2. The van der Waals surface area contributed by atoms with Gasteiger partial charge < -0.3 is 10.1 Å². The van der Waals surface area contributed by atoms with Gasteiger partial charge in [0.05, 0.1) is 4.90 Å². The molecule has 8 heteroatoms. The van der Waals surface area contributed by atoms with Crippen molar-refractivity contribution in [3.63, 3.8) is 0 Å². The molecule has 30 heavy (non-hydrogen) atoms. The number of halogens is 1. The summed E-state index contributed by atoms with van der Waals surface area (Å²) >= 11 is 1.29. The summed E-state index contributed by atoms with van der Waals surface area (Å²) < 4.78 is 45.5. The Morgan fingerprint density at radius 2 is 1.93 bits per heavy atom. The zero-order chi connectivity index (χ0) is 21.7. The van der Waals surface area contributed by atoms with Crippen molar-refractivity contribution < 1.29 is 22.3 Å². The quantitative estimate of drug-likeness (QED) is 0.525. The highest BCUT2D eigenvalue weighted by Crippen LogP contribution is 2.32. The van der Waals surface area contributed by atoms with Crippen molar-refractivity contribution in [2.75, 3.05) is 13.2 Å². The lowest BCUT2D eigenvalue weighted by Gasteiger charge is -2.18. The molecule has 0 radical (unpaired) electrons. The summed E-state index contributed by atoms with van der Waals surface area (Å²) in [7, 11) is -3.84. The Morgan fingerprint density at radius 1 is 1.13 bits per heavy atom. The minimum Gasteiger partial charge on any atom is -0.484 e. The summed E-state index contributed by atoms with van der Waals surface area (Å²) in [5, 5.41) is 3.44. The number of hydrogen-bond donors (Lipinski definition) is 1. The number of hydrogen-bond acceptors (Lipinski definition) is 5. The molecule has 1 N–H and O–H groups in total. The van der Waals surface area contributed by atoms with Crippen LogP contribution in [0.3, 0.4) is 0 Å². The number of ether oxygens (including phenoxy) is 1. The standard InChI is InChI=1S/C22H22FNO4S2/c1-15-5-3-6-17(11-15)28-14-22(25)24-13-21(20-7-4-10-29-20)30(26,27)18-8-9-19(23)16(2)12-18/h3-12,21H,13-14H2,1-2H3,(H,24,25). The van der Waals surface area contributed by atoms with Gasteiger partial charge in [-0.2, -0.15) is 0 Å². The Labute approximate surface area is 179 Å². The number of carbonyl (C=O) groups excluding carboxylic acids is 1. The van der Waals surface area contributed by atoms with Gasteiger partial charge in [0.15, 0.2) is 16.4 Å². The lowest BCUT2D eigenvalue weighted by atomic mass is 10.2. The molecule has 1 heterocycles. The molecule has 0 saturated carbocycles. The van der Waals surface area contributed by atoms with Crippen LogP contribution in [-0.4, -0.2) is 27.5 Å². The Morgan fingerprint density at radius 3 is 2.60 bits per heavy atom. The number of nitrogens with one attached hydrogen (secondary N) is 1. The summed E-state index contributed by atoms with van der Waals surface area (Å²) in [5.74, 6) is -0.332. The maximum absolute atomic E-state index is 13.6. The molecule has 0 fully saturated rings. The molecule has 1 unspecified atom stereocenters. The van der Waals surface area contributed by atoms with E-state index in [1.807, 2.05) is 25.1 Å². The van der Waals surface area contributed by atoms with E-state index in [1.165, 1.54) is 30.4 Å². The Hall–Kier alpha value is -2.71. The lowest BCUT2D eigenvalue weighted by molar-refractivity contribution is -0.123. The molecule has 1 aromatic heterocycles. The number of aryl methyl sites for hydroxylation is 2. The van der Waals surface area contributed by atoms with E-state index in [-0.39, 0.29) is 23.6 Å². The molecule has 5 nitrogen and oxygen atoms in total. The van der Waals surface area contributed by atoms with Gasteiger partial charge in [-0.05, 0) is 66.8 Å². The van der Waals surface area contributed by atoms with E-state index in [2.05, 4.69) is 5.32 Å². The van der Waals surface area contributed by atoms with Crippen LogP contribution in [0.15, 0.2) is 64.9 Å². The fourth-order valence-corrected chi connectivity index (χ4v) is 5.78. The smallest absolute Gasteiger partial charge is 0.257 e. The van der Waals surface area contributed by atoms with Crippen molar-refractivity contribution in [3.05, 3.63) is 81.8 Å². The van der Waals surface area contributed by atoms with Crippen molar-refractivity contribution in [1.82, 2.24) is 5.32 Å². The molecule has 0 spiro atoms. The minimum atomic E-state index is -3.84. The van der Waals surface area contributed by atoms with Crippen LogP contribution in [0.1, 0.15) is 21.3 Å². The molecule has 0 bridgehead atoms. The van der Waals surface area contributed by atoms with Gasteiger partial charge in [0.1, 0.15) is 16.8 Å². The van der Waals surface area contributed by atoms with Crippen molar-refractivity contribution in [3.8, 4) is 5.75 Å². The highest BCUT2D eigenvalue weighted by Gasteiger charge is 2.31. The predicted octanol–water partition coefficient (Wildman–Crippen LogP) is 4.21. The fraction of sp³-hybridized carbons (Fsp3) is 0.227. The number of thiophene rings is 1. The van der Waals surface area contributed by atoms with Crippen molar-refractivity contribution in [1.29, 1.82) is 0 Å². The first-order chi connectivity index (χ1) is 14.3. The zero-order valence-electron chi connectivity index (χ0n) is 16.6. The largest absolute Gasteiger partial charge is 0.484 e. The molecule has 1 atom stereocenters. The van der Waals surface area contributed by atoms with E-state index < -0.39 is 26.8 Å². The van der Waals surface area contributed by atoms with Crippen LogP contribution in [-0.2, 0) is 14.6 Å². The predicted molar refractivity (Wildman–Crippen MR) is 115 cm³/mol. The van der Waals surface area contributed by atoms with Crippen LogP contribution in [0, 0.1) is 19.7 Å². The number of carbonyl (C=O) groups is 1. The maximum Gasteiger partial charge on any atom is 0.257 e. The number of sulfone groups is 1. The fourth-order valence-electron chi connectivity index (χ4n) is 2.91. The number of rotatable bonds is 8. The first-order valence-corrected chi connectivity index (χ1v) is 11.7. The van der Waals surface area contributed by atoms with Gasteiger partial charge in [0, 0.05) is 11.4 Å². The topological polar surface area (TPSA) is 72.5 Å². The second-order valence-electron chi connectivity index (χ2n) is 6.87. The summed E-state index contributed by atoms with van der Waals surface area (Å²) in [6, 6.07) is 14.5. The SMILES string of the molecule is Cc1cccc(OCC(=O)NCC(c2cccs2)S(=O)(=O)c2ccc(F)c(C)c2)c1. The van der Waals surface area contributed by atoms with Crippen molar-refractivity contribution in [2.45, 2.75) is 24.0 Å². The van der Waals surface area contributed by atoms with Crippen LogP contribution in [0.4, 0.5) is 4.39 Å². The van der Waals surface area contributed by atoms with Gasteiger partial charge >= 0.3 is 0 Å². The number of amides is 1. The van der Waals surface area contributed by atoms with Crippen molar-refractivity contribution in [2.24, 2.45) is 0 Å². The third kappa shape index (κ3) is 5.25. The van der Waals surface area contributed by atoms with Crippen LogP contribution < -0.4 is 10.1 Å². The molecule has 2 aromatic carbocycles. The van der Waals surface area contributed by atoms with E-state index >= 15 is 0 Å². The first-order valence-electron chi connectivity index (χ1n) is 9.27.